The molecule has 1 saturated heterocycles. The zero-order valence-electron chi connectivity index (χ0n) is 19.1. The van der Waals surface area contributed by atoms with E-state index in [4.69, 9.17) is 4.98 Å². The van der Waals surface area contributed by atoms with Crippen LogP contribution in [0, 0.1) is 0 Å². The zero-order chi connectivity index (χ0) is 22.9. The Balaban J connectivity index is 1.43. The number of hydrogen-bond acceptors (Lipinski definition) is 6. The SMILES string of the molecule is C=CCN(CC=C)c1ncnc(N2CCC(NC(c3ccccc3)c3ccccc3)CC2)n1. The molecule has 0 bridgehead atoms. The minimum Gasteiger partial charge on any atom is -0.341 e. The van der Waals surface area contributed by atoms with Crippen molar-refractivity contribution in [1.29, 1.82) is 0 Å². The maximum Gasteiger partial charge on any atom is 0.230 e. The second-order valence-electron chi connectivity index (χ2n) is 8.25. The normalized spacial score (nSPS) is 14.3. The summed E-state index contributed by atoms with van der Waals surface area (Å²) in [7, 11) is 0. The molecule has 0 unspecified atom stereocenters. The van der Waals surface area contributed by atoms with Crippen molar-refractivity contribution in [3.8, 4) is 0 Å². The van der Waals surface area contributed by atoms with Crippen LogP contribution in [0.2, 0.25) is 0 Å². The van der Waals surface area contributed by atoms with E-state index in [1.807, 2.05) is 17.1 Å². The summed E-state index contributed by atoms with van der Waals surface area (Å²) in [5.74, 6) is 1.40. The lowest BCUT2D eigenvalue weighted by atomic mass is 9.95. The highest BCUT2D eigenvalue weighted by atomic mass is 15.3. The van der Waals surface area contributed by atoms with Gasteiger partial charge < -0.3 is 15.1 Å². The second kappa shape index (κ2) is 11.4. The van der Waals surface area contributed by atoms with Crippen molar-refractivity contribution >= 4 is 11.9 Å². The van der Waals surface area contributed by atoms with Crippen molar-refractivity contribution in [2.45, 2.75) is 24.9 Å². The van der Waals surface area contributed by atoms with E-state index in [9.17, 15) is 0 Å². The molecule has 1 fully saturated rings. The number of nitrogens with zero attached hydrogens (tertiary/aromatic N) is 5. The fourth-order valence-corrected chi connectivity index (χ4v) is 4.29. The molecule has 3 aromatic rings. The van der Waals surface area contributed by atoms with Crippen LogP contribution in [0.1, 0.15) is 30.0 Å². The number of benzene rings is 2. The monoisotopic (exact) mass is 440 g/mol. The summed E-state index contributed by atoms with van der Waals surface area (Å²) in [5, 5.41) is 3.91. The van der Waals surface area contributed by atoms with Crippen LogP contribution in [-0.4, -0.2) is 47.2 Å². The first-order valence-electron chi connectivity index (χ1n) is 11.5. The molecule has 1 N–H and O–H groups in total. The van der Waals surface area contributed by atoms with Gasteiger partial charge in [-0.1, -0.05) is 72.8 Å². The first-order valence-corrected chi connectivity index (χ1v) is 11.5. The first kappa shape index (κ1) is 22.7. The van der Waals surface area contributed by atoms with E-state index in [-0.39, 0.29) is 6.04 Å². The molecule has 6 nitrogen and oxygen atoms in total. The summed E-state index contributed by atoms with van der Waals surface area (Å²) in [6.45, 7) is 10.8. The Morgan fingerprint density at radius 3 is 2.03 bits per heavy atom. The minimum atomic E-state index is 0.180. The van der Waals surface area contributed by atoms with Crippen molar-refractivity contribution in [2.24, 2.45) is 0 Å². The largest absolute Gasteiger partial charge is 0.341 e. The quantitative estimate of drug-likeness (QED) is 0.472. The molecule has 170 valence electrons. The van der Waals surface area contributed by atoms with Gasteiger partial charge >= 0.3 is 0 Å². The molecule has 0 saturated carbocycles. The van der Waals surface area contributed by atoms with Crippen LogP contribution >= 0.6 is 0 Å². The van der Waals surface area contributed by atoms with Crippen molar-refractivity contribution in [3.63, 3.8) is 0 Å². The van der Waals surface area contributed by atoms with Crippen LogP contribution in [0.5, 0.6) is 0 Å². The van der Waals surface area contributed by atoms with Gasteiger partial charge in [0.25, 0.3) is 0 Å². The minimum absolute atomic E-state index is 0.180. The highest BCUT2D eigenvalue weighted by Gasteiger charge is 2.25. The van der Waals surface area contributed by atoms with Gasteiger partial charge in [0, 0.05) is 32.2 Å². The van der Waals surface area contributed by atoms with Gasteiger partial charge in [-0.15, -0.1) is 13.2 Å². The molecule has 0 atom stereocenters. The van der Waals surface area contributed by atoms with Gasteiger partial charge in [-0.05, 0) is 24.0 Å². The number of anilines is 2. The van der Waals surface area contributed by atoms with E-state index >= 15 is 0 Å². The number of hydrogen-bond donors (Lipinski definition) is 1. The van der Waals surface area contributed by atoms with Gasteiger partial charge in [0.05, 0.1) is 6.04 Å². The van der Waals surface area contributed by atoms with E-state index in [0.717, 1.165) is 31.9 Å². The standard InChI is InChI=1S/C27H32N6/c1-3-17-32(18-4-2)26-28-21-29-27(31-26)33-19-15-24(16-20-33)30-25(22-11-7-5-8-12-22)23-13-9-6-10-14-23/h3-14,21,24-25,30H,1-2,15-20H2. The summed E-state index contributed by atoms with van der Waals surface area (Å²) >= 11 is 0. The Kier molecular flexibility index (Phi) is 7.82. The predicted octanol–water partition coefficient (Wildman–Crippen LogP) is 4.40. The molecule has 0 amide bonds. The van der Waals surface area contributed by atoms with E-state index in [1.54, 1.807) is 6.33 Å². The Morgan fingerprint density at radius 1 is 0.909 bits per heavy atom. The van der Waals surface area contributed by atoms with Gasteiger partial charge in [-0.25, -0.2) is 9.97 Å². The molecule has 0 radical (unpaired) electrons. The van der Waals surface area contributed by atoms with Crippen molar-refractivity contribution in [2.75, 3.05) is 36.0 Å². The van der Waals surface area contributed by atoms with Gasteiger partial charge in [0.1, 0.15) is 6.33 Å². The second-order valence-corrected chi connectivity index (χ2v) is 8.25. The van der Waals surface area contributed by atoms with Gasteiger partial charge in [-0.2, -0.15) is 4.98 Å². The molecule has 6 heteroatoms. The van der Waals surface area contributed by atoms with Crippen LogP contribution in [0.15, 0.2) is 92.3 Å². The molecule has 33 heavy (non-hydrogen) atoms. The number of aromatic nitrogens is 3. The summed E-state index contributed by atoms with van der Waals surface area (Å²) in [4.78, 5) is 17.8. The van der Waals surface area contributed by atoms with Gasteiger partial charge in [0.2, 0.25) is 11.9 Å². The van der Waals surface area contributed by atoms with Gasteiger partial charge in [-0.3, -0.25) is 0 Å². The lowest BCUT2D eigenvalue weighted by Crippen LogP contribution is -2.44. The van der Waals surface area contributed by atoms with Crippen molar-refractivity contribution < 1.29 is 0 Å². The Labute approximate surface area is 196 Å². The molecule has 0 aliphatic carbocycles. The maximum absolute atomic E-state index is 4.73. The van der Waals surface area contributed by atoms with Gasteiger partial charge in [0.15, 0.2) is 0 Å². The number of nitrogens with one attached hydrogen (secondary N) is 1. The van der Waals surface area contributed by atoms with E-state index in [2.05, 4.69) is 94.0 Å². The summed E-state index contributed by atoms with van der Waals surface area (Å²) in [5.41, 5.74) is 2.58. The molecular weight excluding hydrogens is 408 g/mol. The summed E-state index contributed by atoms with van der Waals surface area (Å²) < 4.78 is 0. The highest BCUT2D eigenvalue weighted by Crippen LogP contribution is 2.25. The summed E-state index contributed by atoms with van der Waals surface area (Å²) in [6, 6.07) is 22.0. The van der Waals surface area contributed by atoms with E-state index < -0.39 is 0 Å². The third-order valence-electron chi connectivity index (χ3n) is 5.97. The molecule has 1 aliphatic heterocycles. The summed E-state index contributed by atoms with van der Waals surface area (Å²) in [6.07, 6.45) is 7.35. The number of piperidine rings is 1. The van der Waals surface area contributed by atoms with Crippen molar-refractivity contribution in [1.82, 2.24) is 20.3 Å². The van der Waals surface area contributed by atoms with Crippen molar-refractivity contribution in [3.05, 3.63) is 103 Å². The van der Waals surface area contributed by atoms with Crippen LogP contribution in [0.4, 0.5) is 11.9 Å². The third kappa shape index (κ3) is 5.84. The smallest absolute Gasteiger partial charge is 0.230 e. The average Bonchev–Trinajstić information content (AvgIpc) is 2.89. The van der Waals surface area contributed by atoms with Crippen LogP contribution < -0.4 is 15.1 Å². The first-order chi connectivity index (χ1) is 16.3. The van der Waals surface area contributed by atoms with E-state index in [0.29, 0.717) is 25.1 Å². The molecule has 4 rings (SSSR count). The fourth-order valence-electron chi connectivity index (χ4n) is 4.29. The Bertz CT molecular complexity index is 966. The maximum atomic E-state index is 4.73. The fraction of sp³-hybridized carbons (Fsp3) is 0.296. The topological polar surface area (TPSA) is 57.2 Å². The van der Waals surface area contributed by atoms with E-state index in [1.165, 1.54) is 11.1 Å². The third-order valence-corrected chi connectivity index (χ3v) is 5.97. The highest BCUT2D eigenvalue weighted by molar-refractivity contribution is 5.39. The lowest BCUT2D eigenvalue weighted by Gasteiger charge is -2.35. The predicted molar refractivity (Wildman–Crippen MR) is 136 cm³/mol. The van der Waals surface area contributed by atoms with Crippen LogP contribution in [0.25, 0.3) is 0 Å². The lowest BCUT2D eigenvalue weighted by molar-refractivity contribution is 0.388. The molecular formula is C27H32N6. The number of rotatable bonds is 10. The molecule has 2 aromatic carbocycles. The molecule has 2 heterocycles. The van der Waals surface area contributed by atoms with Crippen LogP contribution in [0.3, 0.4) is 0 Å². The molecule has 1 aliphatic rings. The molecule has 0 spiro atoms. The average molecular weight is 441 g/mol. The van der Waals surface area contributed by atoms with Crippen LogP contribution in [-0.2, 0) is 0 Å². The zero-order valence-corrected chi connectivity index (χ0v) is 19.1. The Morgan fingerprint density at radius 2 is 1.48 bits per heavy atom. The Hall–Kier alpha value is -3.51. The molecule has 1 aromatic heterocycles.